The number of aryl methyl sites for hydroxylation is 1. The van der Waals surface area contributed by atoms with E-state index in [0.29, 0.717) is 23.7 Å². The summed E-state index contributed by atoms with van der Waals surface area (Å²) in [7, 11) is 0. The molecule has 2 amide bonds. The first kappa shape index (κ1) is 22.3. The molecule has 2 aromatic heterocycles. The van der Waals surface area contributed by atoms with Gasteiger partial charge in [0, 0.05) is 28.4 Å². The molecule has 168 valence electrons. The molecule has 0 radical (unpaired) electrons. The maximum Gasteiger partial charge on any atom is 0.251 e. The fraction of sp³-hybridized carbons (Fsp3) is 0.222. The van der Waals surface area contributed by atoms with Gasteiger partial charge in [-0.15, -0.1) is 0 Å². The van der Waals surface area contributed by atoms with Crippen molar-refractivity contribution in [2.45, 2.75) is 39.7 Å². The molecule has 0 saturated heterocycles. The SMILES string of the molecule is Cc1cc2occ(CC(=O)Nc3cccc(C(=O)NCc4ccccn4)c3)c2cc1C(C)C. The molecule has 0 unspecified atom stereocenters. The highest BCUT2D eigenvalue weighted by Crippen LogP contribution is 2.29. The summed E-state index contributed by atoms with van der Waals surface area (Å²) < 4.78 is 5.69. The third-order valence-electron chi connectivity index (χ3n) is 5.58. The molecular formula is C27H27N3O3. The third-order valence-corrected chi connectivity index (χ3v) is 5.58. The van der Waals surface area contributed by atoms with Crippen LogP contribution in [0.5, 0.6) is 0 Å². The van der Waals surface area contributed by atoms with E-state index in [-0.39, 0.29) is 18.2 Å². The number of rotatable bonds is 7. The standard InChI is InChI=1S/C27H27N3O3/c1-17(2)23-14-24-20(16-33-25(24)11-18(23)3)13-26(31)30-21-9-6-7-19(12-21)27(32)29-15-22-8-4-5-10-28-22/h4-12,14,16-17H,13,15H2,1-3H3,(H,29,32)(H,30,31). The lowest BCUT2D eigenvalue weighted by molar-refractivity contribution is -0.115. The predicted octanol–water partition coefficient (Wildman–Crippen LogP) is 5.37. The highest BCUT2D eigenvalue weighted by atomic mass is 16.3. The molecule has 0 atom stereocenters. The molecule has 0 aliphatic carbocycles. The fourth-order valence-electron chi connectivity index (χ4n) is 3.90. The molecule has 6 heteroatoms. The maximum absolute atomic E-state index is 12.7. The Morgan fingerprint density at radius 1 is 1.06 bits per heavy atom. The summed E-state index contributed by atoms with van der Waals surface area (Å²) in [6.45, 7) is 6.71. The van der Waals surface area contributed by atoms with Crippen molar-refractivity contribution in [3.63, 3.8) is 0 Å². The second-order valence-electron chi connectivity index (χ2n) is 8.43. The van der Waals surface area contributed by atoms with E-state index in [1.54, 1.807) is 36.7 Å². The Hall–Kier alpha value is -3.93. The Balaban J connectivity index is 1.43. The van der Waals surface area contributed by atoms with Crippen LogP contribution < -0.4 is 10.6 Å². The average molecular weight is 442 g/mol. The van der Waals surface area contributed by atoms with Crippen LogP contribution in [0.1, 0.15) is 52.5 Å². The van der Waals surface area contributed by atoms with Crippen LogP contribution in [0.3, 0.4) is 0 Å². The average Bonchev–Trinajstić information content (AvgIpc) is 3.18. The van der Waals surface area contributed by atoms with Gasteiger partial charge in [0.25, 0.3) is 5.91 Å². The molecule has 4 rings (SSSR count). The minimum Gasteiger partial charge on any atom is -0.464 e. The number of carbonyl (C=O) groups excluding carboxylic acids is 2. The number of aromatic nitrogens is 1. The molecule has 0 spiro atoms. The number of amides is 2. The van der Waals surface area contributed by atoms with Crippen LogP contribution in [0.25, 0.3) is 11.0 Å². The topological polar surface area (TPSA) is 84.2 Å². The maximum atomic E-state index is 12.7. The number of carbonyl (C=O) groups is 2. The highest BCUT2D eigenvalue weighted by molar-refractivity contribution is 5.98. The van der Waals surface area contributed by atoms with Gasteiger partial charge in [0.05, 0.1) is 24.9 Å². The summed E-state index contributed by atoms with van der Waals surface area (Å²) in [4.78, 5) is 29.4. The van der Waals surface area contributed by atoms with Crippen molar-refractivity contribution >= 4 is 28.5 Å². The van der Waals surface area contributed by atoms with Crippen LogP contribution in [0.4, 0.5) is 5.69 Å². The first-order chi connectivity index (χ1) is 15.9. The van der Waals surface area contributed by atoms with Crippen molar-refractivity contribution in [3.05, 3.63) is 95.0 Å². The summed E-state index contributed by atoms with van der Waals surface area (Å²) in [6.07, 6.45) is 3.52. The number of fused-ring (bicyclic) bond motifs is 1. The van der Waals surface area contributed by atoms with E-state index in [1.165, 1.54) is 11.1 Å². The number of hydrogen-bond acceptors (Lipinski definition) is 4. The Bertz CT molecular complexity index is 1290. The first-order valence-corrected chi connectivity index (χ1v) is 11.0. The number of nitrogens with zero attached hydrogens (tertiary/aromatic N) is 1. The van der Waals surface area contributed by atoms with Gasteiger partial charge >= 0.3 is 0 Å². The van der Waals surface area contributed by atoms with E-state index >= 15 is 0 Å². The van der Waals surface area contributed by atoms with Gasteiger partial charge in [-0.1, -0.05) is 26.0 Å². The monoisotopic (exact) mass is 441 g/mol. The molecule has 0 saturated carbocycles. The fourth-order valence-corrected chi connectivity index (χ4v) is 3.90. The van der Waals surface area contributed by atoms with Crippen LogP contribution >= 0.6 is 0 Å². The zero-order valence-electron chi connectivity index (χ0n) is 19.0. The van der Waals surface area contributed by atoms with E-state index in [0.717, 1.165) is 22.2 Å². The molecule has 0 aliphatic rings. The molecule has 0 fully saturated rings. The molecule has 2 aromatic carbocycles. The molecule has 0 bridgehead atoms. The number of pyridine rings is 1. The number of hydrogen-bond donors (Lipinski definition) is 2. The van der Waals surface area contributed by atoms with Gasteiger partial charge < -0.3 is 15.1 Å². The zero-order valence-corrected chi connectivity index (χ0v) is 19.0. The van der Waals surface area contributed by atoms with Gasteiger partial charge in [-0.3, -0.25) is 14.6 Å². The number of anilines is 1. The molecule has 2 N–H and O–H groups in total. The zero-order chi connectivity index (χ0) is 23.4. The lowest BCUT2D eigenvalue weighted by Gasteiger charge is -2.10. The predicted molar refractivity (Wildman–Crippen MR) is 129 cm³/mol. The molecule has 4 aromatic rings. The minimum absolute atomic E-state index is 0.171. The van der Waals surface area contributed by atoms with Gasteiger partial charge in [-0.05, 0) is 66.4 Å². The van der Waals surface area contributed by atoms with Crippen molar-refractivity contribution in [1.29, 1.82) is 0 Å². The summed E-state index contributed by atoms with van der Waals surface area (Å²) in [5.41, 5.74) is 5.86. The Kier molecular flexibility index (Phi) is 6.54. The summed E-state index contributed by atoms with van der Waals surface area (Å²) in [5, 5.41) is 6.69. The molecule has 6 nitrogen and oxygen atoms in total. The second-order valence-corrected chi connectivity index (χ2v) is 8.43. The minimum atomic E-state index is -0.228. The molecular weight excluding hydrogens is 414 g/mol. The quantitative estimate of drug-likeness (QED) is 0.404. The number of nitrogens with one attached hydrogen (secondary N) is 2. The molecule has 2 heterocycles. The van der Waals surface area contributed by atoms with Gasteiger partial charge in [0.2, 0.25) is 5.91 Å². The summed E-state index contributed by atoms with van der Waals surface area (Å²) in [6, 6.07) is 16.6. The van der Waals surface area contributed by atoms with Crippen LogP contribution in [0, 0.1) is 6.92 Å². The lowest BCUT2D eigenvalue weighted by atomic mass is 9.95. The summed E-state index contributed by atoms with van der Waals surface area (Å²) in [5.74, 6) is -0.0119. The van der Waals surface area contributed by atoms with Crippen molar-refractivity contribution in [3.8, 4) is 0 Å². The normalized spacial score (nSPS) is 11.0. The Labute approximate surface area is 193 Å². The summed E-state index contributed by atoms with van der Waals surface area (Å²) >= 11 is 0. The van der Waals surface area contributed by atoms with E-state index < -0.39 is 0 Å². The third kappa shape index (κ3) is 5.29. The largest absolute Gasteiger partial charge is 0.464 e. The van der Waals surface area contributed by atoms with E-state index in [2.05, 4.69) is 42.5 Å². The van der Waals surface area contributed by atoms with Crippen LogP contribution in [0.15, 0.2) is 71.5 Å². The molecule has 0 aliphatic heterocycles. The van der Waals surface area contributed by atoms with Crippen molar-refractivity contribution < 1.29 is 14.0 Å². The van der Waals surface area contributed by atoms with Crippen LogP contribution in [-0.4, -0.2) is 16.8 Å². The van der Waals surface area contributed by atoms with Crippen molar-refractivity contribution in [1.82, 2.24) is 10.3 Å². The van der Waals surface area contributed by atoms with Crippen molar-refractivity contribution in [2.24, 2.45) is 0 Å². The van der Waals surface area contributed by atoms with Crippen LogP contribution in [-0.2, 0) is 17.8 Å². The Morgan fingerprint density at radius 3 is 2.67 bits per heavy atom. The van der Waals surface area contributed by atoms with Gasteiger partial charge in [-0.2, -0.15) is 0 Å². The van der Waals surface area contributed by atoms with Gasteiger partial charge in [0.1, 0.15) is 5.58 Å². The van der Waals surface area contributed by atoms with E-state index in [4.69, 9.17) is 4.42 Å². The van der Waals surface area contributed by atoms with Gasteiger partial charge in [0.15, 0.2) is 0 Å². The van der Waals surface area contributed by atoms with Crippen LogP contribution in [0.2, 0.25) is 0 Å². The lowest BCUT2D eigenvalue weighted by Crippen LogP contribution is -2.23. The molecule has 33 heavy (non-hydrogen) atoms. The number of benzene rings is 2. The van der Waals surface area contributed by atoms with Crippen molar-refractivity contribution in [2.75, 3.05) is 5.32 Å². The highest BCUT2D eigenvalue weighted by Gasteiger charge is 2.15. The van der Waals surface area contributed by atoms with E-state index in [9.17, 15) is 9.59 Å². The second kappa shape index (κ2) is 9.69. The number of furan rings is 1. The first-order valence-electron chi connectivity index (χ1n) is 11.0. The smallest absolute Gasteiger partial charge is 0.251 e. The van der Waals surface area contributed by atoms with E-state index in [1.807, 2.05) is 24.3 Å². The Morgan fingerprint density at radius 2 is 1.91 bits per heavy atom. The van der Waals surface area contributed by atoms with Gasteiger partial charge in [-0.25, -0.2) is 0 Å².